The van der Waals surface area contributed by atoms with Crippen molar-refractivity contribution < 1.29 is 27.4 Å². The number of aromatic nitrogens is 2. The summed E-state index contributed by atoms with van der Waals surface area (Å²) in [5, 5.41) is 22.1. The monoisotopic (exact) mass is 585 g/mol. The number of benzene rings is 4. The molecule has 1 aliphatic carbocycles. The van der Waals surface area contributed by atoms with Gasteiger partial charge in [-0.05, 0) is 71.8 Å². The molecule has 0 saturated heterocycles. The Morgan fingerprint density at radius 3 is 2.14 bits per heavy atom. The molecule has 43 heavy (non-hydrogen) atoms. The van der Waals surface area contributed by atoms with Crippen LogP contribution in [-0.4, -0.2) is 27.4 Å². The molecule has 9 heteroatoms. The summed E-state index contributed by atoms with van der Waals surface area (Å²) in [7, 11) is 0. The Balaban J connectivity index is 1.21. The molecule has 5 aromatic rings. The zero-order chi connectivity index (χ0) is 29.9. The van der Waals surface area contributed by atoms with Crippen LogP contribution in [0.1, 0.15) is 34.2 Å². The molecular weight excluding hydrogens is 555 g/mol. The van der Waals surface area contributed by atoms with Crippen LogP contribution in [-0.2, 0) is 32.2 Å². The van der Waals surface area contributed by atoms with Crippen LogP contribution in [0.4, 0.5) is 13.2 Å². The normalized spacial score (nSPS) is 16.6. The van der Waals surface area contributed by atoms with Gasteiger partial charge in [-0.25, -0.2) is 0 Å². The van der Waals surface area contributed by atoms with E-state index in [0.717, 1.165) is 35.6 Å². The number of fused-ring (bicyclic) bond motifs is 1. The van der Waals surface area contributed by atoms with Crippen molar-refractivity contribution in [1.29, 1.82) is 0 Å². The zero-order valence-corrected chi connectivity index (χ0v) is 23.3. The van der Waals surface area contributed by atoms with Crippen molar-refractivity contribution in [3.05, 3.63) is 125 Å². The van der Waals surface area contributed by atoms with E-state index in [2.05, 4.69) is 15.5 Å². The number of alkyl halides is 3. The number of hydrogen-bond donors (Lipinski definition) is 2. The van der Waals surface area contributed by atoms with Crippen molar-refractivity contribution in [2.75, 3.05) is 6.61 Å². The highest BCUT2D eigenvalue weighted by atomic mass is 19.4. The van der Waals surface area contributed by atoms with Crippen LogP contribution in [0.3, 0.4) is 0 Å². The second kappa shape index (κ2) is 12.0. The van der Waals surface area contributed by atoms with Crippen LogP contribution in [0.15, 0.2) is 101 Å². The van der Waals surface area contributed by atoms with Crippen LogP contribution >= 0.6 is 0 Å². The van der Waals surface area contributed by atoms with Crippen molar-refractivity contribution in [2.24, 2.45) is 0 Å². The molecule has 1 heterocycles. The molecule has 1 atom stereocenters. The molecule has 220 valence electrons. The minimum atomic E-state index is -4.64. The first-order chi connectivity index (χ1) is 20.8. The first-order valence-corrected chi connectivity index (χ1v) is 14.1. The molecule has 6 nitrogen and oxygen atoms in total. The fourth-order valence-corrected chi connectivity index (χ4v) is 5.42. The molecule has 6 rings (SSSR count). The molecule has 1 aliphatic rings. The smallest absolute Gasteiger partial charge is 0.419 e. The summed E-state index contributed by atoms with van der Waals surface area (Å²) in [5.74, 6) is -0.0991. The van der Waals surface area contributed by atoms with Crippen molar-refractivity contribution in [1.82, 2.24) is 15.5 Å². The Labute approximate surface area is 247 Å². The lowest BCUT2D eigenvalue weighted by molar-refractivity contribution is -0.139. The maximum Gasteiger partial charge on any atom is 0.419 e. The summed E-state index contributed by atoms with van der Waals surface area (Å²) in [6.45, 7) is 0.631. The van der Waals surface area contributed by atoms with E-state index >= 15 is 0 Å². The molecule has 0 aliphatic heterocycles. The average Bonchev–Trinajstić information content (AvgIpc) is 3.53. The van der Waals surface area contributed by atoms with Gasteiger partial charge in [-0.15, -0.1) is 10.2 Å². The number of nitrogens with one attached hydrogen (secondary N) is 1. The minimum absolute atomic E-state index is 0.00560. The highest BCUT2D eigenvalue weighted by molar-refractivity contribution is 5.62. The largest absolute Gasteiger partial charge is 0.488 e. The number of rotatable bonds is 9. The molecular formula is C34H30F3N3O3. The molecule has 0 bridgehead atoms. The zero-order valence-electron chi connectivity index (χ0n) is 23.3. The van der Waals surface area contributed by atoms with E-state index in [0.29, 0.717) is 18.5 Å². The van der Waals surface area contributed by atoms with E-state index in [9.17, 15) is 18.3 Å². The Bertz CT molecular complexity index is 1690. The number of aryl methyl sites for hydroxylation is 1. The number of aliphatic hydroxyl groups is 1. The van der Waals surface area contributed by atoms with Gasteiger partial charge in [0.15, 0.2) is 0 Å². The number of nitrogens with zero attached hydrogens (tertiary/aromatic N) is 2. The summed E-state index contributed by atoms with van der Waals surface area (Å²) in [6.07, 6.45) is -2.44. The van der Waals surface area contributed by atoms with Gasteiger partial charge in [0.1, 0.15) is 12.4 Å². The maximum atomic E-state index is 14.0. The standard InChI is InChI=1S/C34H30F3N3O3/c35-34(36,37)29-18-27(13-14-30(29)42-21-24-9-5-2-6-10-24)32-40-39-31(43-32)26-12-11-25-15-16-33(22-41,19-28(25)17-26)38-20-23-7-3-1-4-8-23/h1-14,17-18,38,41H,15-16,19-22H2/t33-/m0/s1. The summed E-state index contributed by atoms with van der Waals surface area (Å²) >= 11 is 0. The first-order valence-electron chi connectivity index (χ1n) is 14.1. The van der Waals surface area contributed by atoms with Gasteiger partial charge in [0.25, 0.3) is 0 Å². The average molecular weight is 586 g/mol. The van der Waals surface area contributed by atoms with Gasteiger partial charge >= 0.3 is 6.18 Å². The van der Waals surface area contributed by atoms with Crippen LogP contribution in [0, 0.1) is 0 Å². The Kier molecular flexibility index (Phi) is 8.01. The molecule has 0 fully saturated rings. The van der Waals surface area contributed by atoms with E-state index in [-0.39, 0.29) is 36.3 Å². The Hall–Kier alpha value is -4.47. The maximum absolute atomic E-state index is 14.0. The number of aliphatic hydroxyl groups excluding tert-OH is 1. The summed E-state index contributed by atoms with van der Waals surface area (Å²) in [5.41, 5.74) is 3.53. The quantitative estimate of drug-likeness (QED) is 0.194. The highest BCUT2D eigenvalue weighted by Crippen LogP contribution is 2.39. The molecule has 0 spiro atoms. The van der Waals surface area contributed by atoms with Gasteiger partial charge in [0, 0.05) is 23.2 Å². The molecule has 4 aromatic carbocycles. The van der Waals surface area contributed by atoms with Gasteiger partial charge in [-0.2, -0.15) is 13.2 Å². The van der Waals surface area contributed by atoms with Gasteiger partial charge < -0.3 is 19.6 Å². The van der Waals surface area contributed by atoms with Crippen molar-refractivity contribution in [3.8, 4) is 28.7 Å². The topological polar surface area (TPSA) is 80.4 Å². The van der Waals surface area contributed by atoms with E-state index in [1.165, 1.54) is 17.7 Å². The second-order valence-corrected chi connectivity index (χ2v) is 10.8. The van der Waals surface area contributed by atoms with E-state index in [1.54, 1.807) is 24.3 Å². The van der Waals surface area contributed by atoms with Crippen LogP contribution in [0.25, 0.3) is 22.9 Å². The van der Waals surface area contributed by atoms with E-state index < -0.39 is 17.3 Å². The molecule has 0 unspecified atom stereocenters. The van der Waals surface area contributed by atoms with Crippen LogP contribution in [0.5, 0.6) is 5.75 Å². The summed E-state index contributed by atoms with van der Waals surface area (Å²) in [6, 6.07) is 28.6. The number of ether oxygens (including phenoxy) is 1. The van der Waals surface area contributed by atoms with Gasteiger partial charge in [0.2, 0.25) is 11.8 Å². The second-order valence-electron chi connectivity index (χ2n) is 10.8. The van der Waals surface area contributed by atoms with Gasteiger partial charge in [-0.1, -0.05) is 66.7 Å². The molecule has 2 N–H and O–H groups in total. The summed E-state index contributed by atoms with van der Waals surface area (Å²) < 4.78 is 53.3. The minimum Gasteiger partial charge on any atom is -0.488 e. The SMILES string of the molecule is OC[C@]1(NCc2ccccc2)CCc2ccc(-c3nnc(-c4ccc(OCc5ccccc5)c(C(F)(F)F)c4)o3)cc2C1. The lowest BCUT2D eigenvalue weighted by atomic mass is 9.77. The van der Waals surface area contributed by atoms with Crippen LogP contribution < -0.4 is 10.1 Å². The fourth-order valence-electron chi connectivity index (χ4n) is 5.42. The van der Waals surface area contributed by atoms with E-state index in [1.807, 2.05) is 54.6 Å². The fraction of sp³-hybridized carbons (Fsp3) is 0.235. The highest BCUT2D eigenvalue weighted by Gasteiger charge is 2.36. The van der Waals surface area contributed by atoms with Crippen molar-refractivity contribution >= 4 is 0 Å². The van der Waals surface area contributed by atoms with E-state index in [4.69, 9.17) is 9.15 Å². The van der Waals surface area contributed by atoms with Gasteiger partial charge in [-0.3, -0.25) is 0 Å². The third-order valence-electron chi connectivity index (χ3n) is 7.86. The Morgan fingerprint density at radius 1 is 0.814 bits per heavy atom. The first kappa shape index (κ1) is 28.6. The lowest BCUT2D eigenvalue weighted by Crippen LogP contribution is -2.52. The number of halogens is 3. The predicted octanol–water partition coefficient (Wildman–Crippen LogP) is 7.01. The van der Waals surface area contributed by atoms with Gasteiger partial charge in [0.05, 0.1) is 12.2 Å². The molecule has 1 aromatic heterocycles. The third-order valence-corrected chi connectivity index (χ3v) is 7.86. The Morgan fingerprint density at radius 2 is 1.47 bits per heavy atom. The lowest BCUT2D eigenvalue weighted by Gasteiger charge is -2.38. The molecule has 0 radical (unpaired) electrons. The third kappa shape index (κ3) is 6.48. The van der Waals surface area contributed by atoms with Crippen molar-refractivity contribution in [3.63, 3.8) is 0 Å². The molecule has 0 saturated carbocycles. The van der Waals surface area contributed by atoms with Crippen LogP contribution in [0.2, 0.25) is 0 Å². The number of hydrogen-bond acceptors (Lipinski definition) is 6. The van der Waals surface area contributed by atoms with Crippen molar-refractivity contribution in [2.45, 2.75) is 44.1 Å². The predicted molar refractivity (Wildman–Crippen MR) is 156 cm³/mol. The summed E-state index contributed by atoms with van der Waals surface area (Å²) in [4.78, 5) is 0. The molecule has 0 amide bonds.